The third-order valence-corrected chi connectivity index (χ3v) is 8.94. The van der Waals surface area contributed by atoms with Crippen molar-refractivity contribution in [3.8, 4) is 5.75 Å². The maximum atomic E-state index is 14.9. The molecule has 0 heterocycles. The van der Waals surface area contributed by atoms with Crippen molar-refractivity contribution in [3.63, 3.8) is 0 Å². The van der Waals surface area contributed by atoms with Crippen LogP contribution < -0.4 is 4.74 Å². The number of ether oxygens (including phenoxy) is 3. The Kier molecular flexibility index (Phi) is 11.3. The van der Waals surface area contributed by atoms with E-state index < -0.39 is 36.1 Å². The Morgan fingerprint density at radius 2 is 1.37 bits per heavy atom. The second-order valence-electron chi connectivity index (χ2n) is 11.8. The molecule has 0 unspecified atom stereocenters. The monoisotopic (exact) mass is 588 g/mol. The van der Waals surface area contributed by atoms with Crippen molar-refractivity contribution in [2.75, 3.05) is 6.61 Å². The van der Waals surface area contributed by atoms with Gasteiger partial charge < -0.3 is 14.2 Å². The fraction of sp³-hybridized carbons (Fsp3) is 0.688. The molecule has 0 aliphatic heterocycles. The molecule has 3 fully saturated rings. The SMILES string of the molecule is C/C=C/COC1CCC(C(F)(F)OC2CCC(/C=C/C3CCC(c4ccc(OC(F)(F)F)c(F)c4)CC3)CC2)CC1. The van der Waals surface area contributed by atoms with E-state index in [1.54, 1.807) is 0 Å². The molecule has 0 saturated heterocycles. The normalized spacial score (nSPS) is 30.2. The minimum atomic E-state index is -4.93. The minimum absolute atomic E-state index is 0.0480. The summed E-state index contributed by atoms with van der Waals surface area (Å²) in [6.07, 6.45) is 8.39. The van der Waals surface area contributed by atoms with Crippen LogP contribution >= 0.6 is 0 Å². The summed E-state index contributed by atoms with van der Waals surface area (Å²) in [4.78, 5) is 0. The Balaban J connectivity index is 1.15. The Morgan fingerprint density at radius 3 is 1.93 bits per heavy atom. The highest BCUT2D eigenvalue weighted by atomic mass is 19.4. The fourth-order valence-corrected chi connectivity index (χ4v) is 6.51. The topological polar surface area (TPSA) is 27.7 Å². The van der Waals surface area contributed by atoms with Crippen LogP contribution in [-0.2, 0) is 9.47 Å². The molecule has 3 aliphatic carbocycles. The van der Waals surface area contributed by atoms with Gasteiger partial charge in [0.05, 0.1) is 24.7 Å². The van der Waals surface area contributed by atoms with Gasteiger partial charge in [0.2, 0.25) is 0 Å². The molecule has 0 amide bonds. The summed E-state index contributed by atoms with van der Waals surface area (Å²) in [5.41, 5.74) is 0.695. The average Bonchev–Trinajstić information content (AvgIpc) is 2.94. The van der Waals surface area contributed by atoms with Crippen LogP contribution in [0.1, 0.15) is 95.5 Å². The first-order valence-corrected chi connectivity index (χ1v) is 15.0. The smallest absolute Gasteiger partial charge is 0.403 e. The highest BCUT2D eigenvalue weighted by Gasteiger charge is 2.45. The summed E-state index contributed by atoms with van der Waals surface area (Å²) in [5.74, 6) is -1.73. The number of hydrogen-bond donors (Lipinski definition) is 0. The number of hydrogen-bond acceptors (Lipinski definition) is 3. The minimum Gasteiger partial charge on any atom is -0.403 e. The second kappa shape index (κ2) is 14.5. The van der Waals surface area contributed by atoms with Gasteiger partial charge in [0.15, 0.2) is 11.6 Å². The summed E-state index contributed by atoms with van der Waals surface area (Å²) in [6.45, 7) is 2.45. The lowest BCUT2D eigenvalue weighted by atomic mass is 9.78. The molecule has 4 rings (SSSR count). The quantitative estimate of drug-likeness (QED) is 0.201. The van der Waals surface area contributed by atoms with Crippen LogP contribution in [0.2, 0.25) is 0 Å². The van der Waals surface area contributed by atoms with Gasteiger partial charge in [-0.1, -0.05) is 30.4 Å². The predicted octanol–water partition coefficient (Wildman–Crippen LogP) is 9.87. The standard InChI is InChI=1S/C32H42F6O3/c1-2-3-20-39-27-17-13-26(14-18-27)31(34,35)40-28-15-8-23(9-16-28)5-4-22-6-10-24(11-7-22)25-12-19-30(29(33)21-25)41-32(36,37)38/h2-5,12,19,21-24,26-28H,6-11,13-18,20H2,1H3/b3-2+,5-4+. The van der Waals surface area contributed by atoms with Gasteiger partial charge in [-0.05, 0) is 119 Å². The van der Waals surface area contributed by atoms with Gasteiger partial charge in [-0.15, -0.1) is 13.2 Å². The summed E-state index contributed by atoms with van der Waals surface area (Å²) in [5, 5.41) is 0. The zero-order chi connectivity index (χ0) is 29.5. The maximum absolute atomic E-state index is 14.9. The molecule has 0 atom stereocenters. The van der Waals surface area contributed by atoms with Gasteiger partial charge in [-0.25, -0.2) is 4.39 Å². The van der Waals surface area contributed by atoms with E-state index in [4.69, 9.17) is 9.47 Å². The fourth-order valence-electron chi connectivity index (χ4n) is 6.51. The third-order valence-electron chi connectivity index (χ3n) is 8.94. The van der Waals surface area contributed by atoms with Crippen molar-refractivity contribution in [3.05, 3.63) is 53.9 Å². The van der Waals surface area contributed by atoms with Crippen LogP contribution in [0.4, 0.5) is 26.3 Å². The Hall–Kier alpha value is -2.00. The highest BCUT2D eigenvalue weighted by Crippen LogP contribution is 2.42. The van der Waals surface area contributed by atoms with Crippen molar-refractivity contribution >= 4 is 0 Å². The first kappa shape index (κ1) is 31.9. The largest absolute Gasteiger partial charge is 0.573 e. The molecule has 230 valence electrons. The van der Waals surface area contributed by atoms with Crippen molar-refractivity contribution < 1.29 is 40.6 Å². The molecule has 0 radical (unpaired) electrons. The molecule has 1 aromatic carbocycles. The van der Waals surface area contributed by atoms with Gasteiger partial charge in [-0.2, -0.15) is 8.78 Å². The molecule has 0 aromatic heterocycles. The van der Waals surface area contributed by atoms with E-state index in [1.807, 2.05) is 19.1 Å². The highest BCUT2D eigenvalue weighted by molar-refractivity contribution is 5.31. The maximum Gasteiger partial charge on any atom is 0.573 e. The lowest BCUT2D eigenvalue weighted by molar-refractivity contribution is -0.302. The van der Waals surface area contributed by atoms with E-state index in [0.29, 0.717) is 62.5 Å². The van der Waals surface area contributed by atoms with Crippen molar-refractivity contribution in [2.24, 2.45) is 17.8 Å². The van der Waals surface area contributed by atoms with Gasteiger partial charge in [0.1, 0.15) is 0 Å². The second-order valence-corrected chi connectivity index (χ2v) is 11.8. The molecular weight excluding hydrogens is 546 g/mol. The molecule has 3 nitrogen and oxygen atoms in total. The van der Waals surface area contributed by atoms with E-state index in [1.165, 1.54) is 6.07 Å². The first-order valence-electron chi connectivity index (χ1n) is 15.0. The van der Waals surface area contributed by atoms with E-state index in [2.05, 4.69) is 16.9 Å². The average molecular weight is 589 g/mol. The number of allylic oxidation sites excluding steroid dienone is 3. The summed E-state index contributed by atoms with van der Waals surface area (Å²) < 4.78 is 96.0. The van der Waals surface area contributed by atoms with Crippen LogP contribution in [0, 0.1) is 23.6 Å². The van der Waals surface area contributed by atoms with Gasteiger partial charge in [-0.3, -0.25) is 0 Å². The lowest BCUT2D eigenvalue weighted by Crippen LogP contribution is -2.39. The van der Waals surface area contributed by atoms with Crippen LogP contribution in [0.15, 0.2) is 42.5 Å². The summed E-state index contributed by atoms with van der Waals surface area (Å²) >= 11 is 0. The van der Waals surface area contributed by atoms with Crippen LogP contribution in [-0.4, -0.2) is 31.3 Å². The van der Waals surface area contributed by atoms with Crippen LogP contribution in [0.5, 0.6) is 5.75 Å². The molecule has 0 spiro atoms. The zero-order valence-electron chi connectivity index (χ0n) is 23.7. The summed E-state index contributed by atoms with van der Waals surface area (Å²) in [6, 6.07) is 3.71. The van der Waals surface area contributed by atoms with Crippen molar-refractivity contribution in [1.29, 1.82) is 0 Å². The molecular formula is C32H42F6O3. The molecule has 3 saturated carbocycles. The zero-order valence-corrected chi connectivity index (χ0v) is 23.7. The predicted molar refractivity (Wildman–Crippen MR) is 145 cm³/mol. The van der Waals surface area contributed by atoms with E-state index in [0.717, 1.165) is 50.7 Å². The van der Waals surface area contributed by atoms with Crippen LogP contribution in [0.25, 0.3) is 0 Å². The Morgan fingerprint density at radius 1 is 0.780 bits per heavy atom. The molecule has 9 heteroatoms. The first-order chi connectivity index (χ1) is 19.5. The molecule has 41 heavy (non-hydrogen) atoms. The number of rotatable bonds is 10. The third kappa shape index (κ3) is 9.77. The number of alkyl halides is 5. The van der Waals surface area contributed by atoms with Gasteiger partial charge >= 0.3 is 12.5 Å². The van der Waals surface area contributed by atoms with E-state index in [-0.39, 0.29) is 12.0 Å². The van der Waals surface area contributed by atoms with Crippen molar-refractivity contribution in [1.82, 2.24) is 0 Å². The van der Waals surface area contributed by atoms with Crippen molar-refractivity contribution in [2.45, 2.75) is 115 Å². The number of halogens is 6. The lowest BCUT2D eigenvalue weighted by Gasteiger charge is -2.36. The van der Waals surface area contributed by atoms with E-state index in [9.17, 15) is 26.3 Å². The molecule has 3 aliphatic rings. The van der Waals surface area contributed by atoms with Crippen LogP contribution in [0.3, 0.4) is 0 Å². The Bertz CT molecular complexity index is 999. The Labute approximate surface area is 239 Å². The molecule has 1 aromatic rings. The van der Waals surface area contributed by atoms with E-state index >= 15 is 0 Å². The summed E-state index contributed by atoms with van der Waals surface area (Å²) in [7, 11) is 0. The molecule has 0 bridgehead atoms. The molecule has 0 N–H and O–H groups in total. The number of benzene rings is 1. The van der Waals surface area contributed by atoms with Gasteiger partial charge in [0.25, 0.3) is 0 Å². The van der Waals surface area contributed by atoms with Gasteiger partial charge in [0, 0.05) is 0 Å².